The molecule has 0 amide bonds. The van der Waals surface area contributed by atoms with E-state index in [0.29, 0.717) is 0 Å². The van der Waals surface area contributed by atoms with E-state index in [1.807, 2.05) is 34.8 Å². The van der Waals surface area contributed by atoms with Gasteiger partial charge in [-0.3, -0.25) is 0 Å². The van der Waals surface area contributed by atoms with Crippen LogP contribution in [0.4, 0.5) is 0 Å². The minimum Gasteiger partial charge on any atom is -0.305 e. The van der Waals surface area contributed by atoms with E-state index in [0.717, 1.165) is 40.7 Å². The molecular formula is C15H17N5S. The maximum Gasteiger partial charge on any atom is 0.235 e. The second-order valence-electron chi connectivity index (χ2n) is 5.46. The van der Waals surface area contributed by atoms with E-state index >= 15 is 0 Å². The van der Waals surface area contributed by atoms with Crippen molar-refractivity contribution < 1.29 is 0 Å². The van der Waals surface area contributed by atoms with Crippen molar-refractivity contribution in [1.29, 1.82) is 0 Å². The van der Waals surface area contributed by atoms with Gasteiger partial charge in [0.25, 0.3) is 0 Å². The van der Waals surface area contributed by atoms with Crippen LogP contribution >= 0.6 is 11.3 Å². The lowest BCUT2D eigenvalue weighted by Crippen LogP contribution is -2.36. The van der Waals surface area contributed by atoms with Gasteiger partial charge >= 0.3 is 0 Å². The molecule has 5 nitrogen and oxygen atoms in total. The molecule has 1 saturated heterocycles. The number of rotatable bonds is 3. The minimum absolute atomic E-state index is 0.0271. The lowest BCUT2D eigenvalue weighted by atomic mass is 9.95. The van der Waals surface area contributed by atoms with Crippen molar-refractivity contribution in [2.24, 2.45) is 0 Å². The Bertz CT molecular complexity index is 755. The first-order chi connectivity index (χ1) is 10.3. The molecule has 0 saturated carbocycles. The number of nitrogens with one attached hydrogen (secondary N) is 1. The van der Waals surface area contributed by atoms with E-state index in [1.165, 1.54) is 6.42 Å². The van der Waals surface area contributed by atoms with Crippen LogP contribution in [0.3, 0.4) is 0 Å². The third kappa shape index (κ3) is 1.98. The summed E-state index contributed by atoms with van der Waals surface area (Å²) in [7, 11) is 0. The molecule has 0 aliphatic carbocycles. The minimum atomic E-state index is 0.0271. The van der Waals surface area contributed by atoms with Crippen LogP contribution in [-0.2, 0) is 5.54 Å². The predicted molar refractivity (Wildman–Crippen MR) is 83.3 cm³/mol. The number of aromatic nitrogens is 4. The largest absolute Gasteiger partial charge is 0.305 e. The van der Waals surface area contributed by atoms with E-state index in [4.69, 9.17) is 5.10 Å². The highest BCUT2D eigenvalue weighted by Gasteiger charge is 2.37. The lowest BCUT2D eigenvalue weighted by molar-refractivity contribution is 0.370. The van der Waals surface area contributed by atoms with E-state index in [-0.39, 0.29) is 5.54 Å². The Morgan fingerprint density at radius 1 is 1.29 bits per heavy atom. The number of hydrogen-bond donors (Lipinski definition) is 1. The summed E-state index contributed by atoms with van der Waals surface area (Å²) in [6, 6.07) is 10.1. The third-order valence-electron chi connectivity index (χ3n) is 4.28. The Hall–Kier alpha value is -1.79. The molecular weight excluding hydrogens is 282 g/mol. The van der Waals surface area contributed by atoms with Crippen molar-refractivity contribution in [2.75, 3.05) is 6.54 Å². The monoisotopic (exact) mass is 299 g/mol. The summed E-state index contributed by atoms with van der Waals surface area (Å²) in [4.78, 5) is 0.866. The van der Waals surface area contributed by atoms with Crippen LogP contribution in [-0.4, -0.2) is 26.4 Å². The van der Waals surface area contributed by atoms with E-state index in [1.54, 1.807) is 11.3 Å². The first-order valence-electron chi connectivity index (χ1n) is 7.35. The normalized spacial score (nSPS) is 22.1. The molecule has 108 valence electrons. The highest BCUT2D eigenvalue weighted by Crippen LogP contribution is 2.36. The summed E-state index contributed by atoms with van der Waals surface area (Å²) in [5, 5.41) is 18.2. The number of benzene rings is 1. The van der Waals surface area contributed by atoms with Gasteiger partial charge in [-0.05, 0) is 25.8 Å². The fraction of sp³-hybridized carbons (Fsp3) is 0.400. The van der Waals surface area contributed by atoms with E-state index in [2.05, 4.69) is 22.4 Å². The second kappa shape index (κ2) is 4.89. The Morgan fingerprint density at radius 2 is 2.14 bits per heavy atom. The molecule has 1 fully saturated rings. The first kappa shape index (κ1) is 12.9. The number of hydrogen-bond acceptors (Lipinski definition) is 5. The molecule has 1 aliphatic rings. The molecule has 2 aromatic heterocycles. The van der Waals surface area contributed by atoms with Gasteiger partial charge in [0.1, 0.15) is 5.01 Å². The van der Waals surface area contributed by atoms with Crippen LogP contribution in [0.5, 0.6) is 0 Å². The molecule has 3 heterocycles. The van der Waals surface area contributed by atoms with Crippen molar-refractivity contribution in [3.05, 3.63) is 35.3 Å². The quantitative estimate of drug-likeness (QED) is 0.808. The molecule has 21 heavy (non-hydrogen) atoms. The van der Waals surface area contributed by atoms with Crippen molar-refractivity contribution in [3.8, 4) is 11.4 Å². The highest BCUT2D eigenvalue weighted by atomic mass is 32.1. The summed E-state index contributed by atoms with van der Waals surface area (Å²) < 4.78 is 1.88. The van der Waals surface area contributed by atoms with Crippen molar-refractivity contribution in [3.63, 3.8) is 0 Å². The van der Waals surface area contributed by atoms with E-state index < -0.39 is 0 Å². The smallest absolute Gasteiger partial charge is 0.235 e. The Labute approximate surface area is 127 Å². The van der Waals surface area contributed by atoms with Crippen LogP contribution in [0.2, 0.25) is 0 Å². The summed E-state index contributed by atoms with van der Waals surface area (Å²) in [5.74, 6) is 0.817. The fourth-order valence-electron chi connectivity index (χ4n) is 3.02. The third-order valence-corrected chi connectivity index (χ3v) is 5.38. The molecule has 0 spiro atoms. The Morgan fingerprint density at radius 3 is 2.86 bits per heavy atom. The van der Waals surface area contributed by atoms with Gasteiger partial charge in [-0.2, -0.15) is 9.61 Å². The molecule has 0 radical (unpaired) electrons. The highest BCUT2D eigenvalue weighted by molar-refractivity contribution is 7.16. The van der Waals surface area contributed by atoms with Crippen LogP contribution in [0.1, 0.15) is 31.2 Å². The zero-order chi connectivity index (χ0) is 14.3. The molecule has 1 N–H and O–H groups in total. The zero-order valence-corrected chi connectivity index (χ0v) is 12.7. The van der Waals surface area contributed by atoms with Crippen molar-refractivity contribution in [2.45, 2.75) is 31.7 Å². The number of nitrogens with zero attached hydrogens (tertiary/aromatic N) is 4. The predicted octanol–water partition coefficient (Wildman–Crippen LogP) is 2.84. The molecule has 1 unspecified atom stereocenters. The summed E-state index contributed by atoms with van der Waals surface area (Å²) in [5.41, 5.74) is 1.08. The standard InChI is InChI=1S/C15H17N5S/c1-2-15(9-6-10-16-15)13-19-20-12(17-18-14(20)21-13)11-7-4-3-5-8-11/h3-5,7-8,16H,2,6,9-10H2,1H3. The zero-order valence-electron chi connectivity index (χ0n) is 11.9. The van der Waals surface area contributed by atoms with Gasteiger partial charge in [-0.1, -0.05) is 48.6 Å². The summed E-state index contributed by atoms with van der Waals surface area (Å²) in [6.07, 6.45) is 3.41. The maximum atomic E-state index is 4.82. The lowest BCUT2D eigenvalue weighted by Gasteiger charge is -2.24. The van der Waals surface area contributed by atoms with Crippen LogP contribution in [0.15, 0.2) is 30.3 Å². The van der Waals surface area contributed by atoms with E-state index in [9.17, 15) is 0 Å². The Balaban J connectivity index is 1.83. The molecule has 1 atom stereocenters. The molecule has 0 bridgehead atoms. The van der Waals surface area contributed by atoms with Crippen molar-refractivity contribution in [1.82, 2.24) is 25.1 Å². The van der Waals surface area contributed by atoms with Gasteiger partial charge in [-0.25, -0.2) is 0 Å². The van der Waals surface area contributed by atoms with Crippen LogP contribution < -0.4 is 5.32 Å². The summed E-state index contributed by atoms with van der Waals surface area (Å²) in [6.45, 7) is 3.29. The van der Waals surface area contributed by atoms with Gasteiger partial charge in [0.15, 0.2) is 5.82 Å². The van der Waals surface area contributed by atoms with Crippen LogP contribution in [0, 0.1) is 0 Å². The van der Waals surface area contributed by atoms with Crippen molar-refractivity contribution >= 4 is 16.3 Å². The second-order valence-corrected chi connectivity index (χ2v) is 6.41. The fourth-order valence-corrected chi connectivity index (χ4v) is 4.12. The molecule has 6 heteroatoms. The topological polar surface area (TPSA) is 55.1 Å². The van der Waals surface area contributed by atoms with Crippen LogP contribution in [0.25, 0.3) is 16.3 Å². The molecule has 3 aromatic rings. The average molecular weight is 299 g/mol. The van der Waals surface area contributed by atoms with Gasteiger partial charge in [0, 0.05) is 5.56 Å². The van der Waals surface area contributed by atoms with Gasteiger partial charge in [0.05, 0.1) is 5.54 Å². The maximum absolute atomic E-state index is 4.82. The summed E-state index contributed by atoms with van der Waals surface area (Å²) >= 11 is 1.65. The number of fused-ring (bicyclic) bond motifs is 1. The van der Waals surface area contributed by atoms with Gasteiger partial charge in [0.2, 0.25) is 4.96 Å². The van der Waals surface area contributed by atoms with Gasteiger partial charge in [-0.15, -0.1) is 10.2 Å². The van der Waals surface area contributed by atoms with Gasteiger partial charge < -0.3 is 5.32 Å². The molecule has 1 aliphatic heterocycles. The Kier molecular flexibility index (Phi) is 3.01. The molecule has 1 aromatic carbocycles. The molecule has 4 rings (SSSR count). The SMILES string of the molecule is CCC1(c2nn3c(-c4ccccc4)nnc3s2)CCCN1. The average Bonchev–Trinajstić information content (AvgIpc) is 3.23. The first-order valence-corrected chi connectivity index (χ1v) is 8.17.